The summed E-state index contributed by atoms with van der Waals surface area (Å²) in [5.41, 5.74) is 0.635. The van der Waals surface area contributed by atoms with Gasteiger partial charge in [0.25, 0.3) is 5.91 Å². The third-order valence-corrected chi connectivity index (χ3v) is 3.97. The highest BCUT2D eigenvalue weighted by atomic mass is 127. The van der Waals surface area contributed by atoms with E-state index in [4.69, 9.17) is 0 Å². The average Bonchev–Trinajstić information content (AvgIpc) is 2.45. The molecule has 6 heteroatoms. The van der Waals surface area contributed by atoms with Crippen molar-refractivity contribution in [3.63, 3.8) is 0 Å². The van der Waals surface area contributed by atoms with Gasteiger partial charge in [0.15, 0.2) is 0 Å². The quantitative estimate of drug-likeness (QED) is 0.764. The van der Waals surface area contributed by atoms with Crippen LogP contribution in [0.15, 0.2) is 24.3 Å². The van der Waals surface area contributed by atoms with E-state index in [-0.39, 0.29) is 11.8 Å². The molecule has 0 aromatic heterocycles. The average molecular weight is 387 g/mol. The highest BCUT2D eigenvalue weighted by Gasteiger charge is 2.33. The van der Waals surface area contributed by atoms with Crippen LogP contribution < -0.4 is 5.32 Å². The molecule has 1 N–H and O–H groups in total. The molecule has 1 heterocycles. The molecular weight excluding hydrogens is 369 g/mol. The normalized spacial score (nSPS) is 18.8. The number of hydrogen-bond acceptors (Lipinski definition) is 3. The van der Waals surface area contributed by atoms with Crippen LogP contribution in [0.25, 0.3) is 0 Å². The highest BCUT2D eigenvalue weighted by molar-refractivity contribution is 14.1. The molecule has 1 unspecified atom stereocenters. The molecular formula is C14H18IN3O2. The van der Waals surface area contributed by atoms with Crippen molar-refractivity contribution < 1.29 is 9.59 Å². The van der Waals surface area contributed by atoms with Gasteiger partial charge in [-0.1, -0.05) is 6.07 Å². The molecule has 0 bridgehead atoms. The zero-order valence-electron chi connectivity index (χ0n) is 11.6. The van der Waals surface area contributed by atoms with E-state index in [0.717, 1.165) is 3.57 Å². The standard InChI is InChI=1S/C14H18IN3O2/c1-17(2)14(20)12-9-16-6-7-18(12)13(19)10-4-3-5-11(15)8-10/h3-5,8,12,16H,6-7,9H2,1-2H3. The Morgan fingerprint density at radius 2 is 2.15 bits per heavy atom. The molecule has 0 spiro atoms. The van der Waals surface area contributed by atoms with Crippen molar-refractivity contribution in [3.8, 4) is 0 Å². The molecule has 1 saturated heterocycles. The van der Waals surface area contributed by atoms with E-state index in [1.54, 1.807) is 25.1 Å². The van der Waals surface area contributed by atoms with Crippen molar-refractivity contribution in [3.05, 3.63) is 33.4 Å². The molecule has 2 amide bonds. The van der Waals surface area contributed by atoms with E-state index in [2.05, 4.69) is 27.9 Å². The smallest absolute Gasteiger partial charge is 0.254 e. The fourth-order valence-electron chi connectivity index (χ4n) is 2.25. The van der Waals surface area contributed by atoms with Crippen LogP contribution in [0.4, 0.5) is 0 Å². The van der Waals surface area contributed by atoms with Gasteiger partial charge in [0.1, 0.15) is 6.04 Å². The lowest BCUT2D eigenvalue weighted by Crippen LogP contribution is -2.59. The Kier molecular flexibility index (Phi) is 4.98. The topological polar surface area (TPSA) is 52.7 Å². The molecule has 1 atom stereocenters. The lowest BCUT2D eigenvalue weighted by molar-refractivity contribution is -0.134. The third-order valence-electron chi connectivity index (χ3n) is 3.30. The van der Waals surface area contributed by atoms with Gasteiger partial charge in [0.05, 0.1) is 0 Å². The molecule has 2 rings (SSSR count). The number of piperazine rings is 1. The summed E-state index contributed by atoms with van der Waals surface area (Å²) >= 11 is 2.18. The maximum Gasteiger partial charge on any atom is 0.254 e. The van der Waals surface area contributed by atoms with Gasteiger partial charge in [-0.15, -0.1) is 0 Å². The summed E-state index contributed by atoms with van der Waals surface area (Å²) in [6.07, 6.45) is 0. The number of amides is 2. The molecule has 1 aromatic carbocycles. The summed E-state index contributed by atoms with van der Waals surface area (Å²) in [5, 5.41) is 3.18. The molecule has 5 nitrogen and oxygen atoms in total. The van der Waals surface area contributed by atoms with Crippen LogP contribution in [0.5, 0.6) is 0 Å². The first kappa shape index (κ1) is 15.2. The van der Waals surface area contributed by atoms with Crippen LogP contribution in [0.3, 0.4) is 0 Å². The van der Waals surface area contributed by atoms with Crippen LogP contribution in [0, 0.1) is 3.57 Å². The fourth-order valence-corrected chi connectivity index (χ4v) is 2.80. The van der Waals surface area contributed by atoms with E-state index in [1.165, 1.54) is 4.90 Å². The Bertz CT molecular complexity index is 519. The number of benzene rings is 1. The second kappa shape index (κ2) is 6.53. The first-order chi connectivity index (χ1) is 9.50. The monoisotopic (exact) mass is 387 g/mol. The molecule has 1 aliphatic rings. The molecule has 1 aromatic rings. The highest BCUT2D eigenvalue weighted by Crippen LogP contribution is 2.14. The minimum absolute atomic E-state index is 0.0452. The van der Waals surface area contributed by atoms with E-state index in [0.29, 0.717) is 25.2 Å². The molecule has 108 valence electrons. The SMILES string of the molecule is CN(C)C(=O)C1CNCCN1C(=O)c1cccc(I)c1. The Morgan fingerprint density at radius 3 is 2.80 bits per heavy atom. The van der Waals surface area contributed by atoms with Crippen LogP contribution in [-0.2, 0) is 4.79 Å². The second-order valence-corrected chi connectivity index (χ2v) is 6.21. The Balaban J connectivity index is 2.23. The number of nitrogens with one attached hydrogen (secondary N) is 1. The molecule has 1 aliphatic heterocycles. The van der Waals surface area contributed by atoms with Gasteiger partial charge >= 0.3 is 0 Å². The number of carbonyl (C=O) groups is 2. The predicted octanol–water partition coefficient (Wildman–Crippen LogP) is 0.793. The Morgan fingerprint density at radius 1 is 1.40 bits per heavy atom. The number of nitrogens with zero attached hydrogens (tertiary/aromatic N) is 2. The van der Waals surface area contributed by atoms with Gasteiger partial charge in [-0.25, -0.2) is 0 Å². The van der Waals surface area contributed by atoms with E-state index < -0.39 is 6.04 Å². The second-order valence-electron chi connectivity index (χ2n) is 4.96. The van der Waals surface area contributed by atoms with Crippen LogP contribution in [-0.4, -0.2) is 61.4 Å². The summed E-state index contributed by atoms with van der Waals surface area (Å²) in [5.74, 6) is -0.124. The number of carbonyl (C=O) groups excluding carboxylic acids is 2. The predicted molar refractivity (Wildman–Crippen MR) is 85.5 cm³/mol. The van der Waals surface area contributed by atoms with Gasteiger partial charge in [-0.05, 0) is 40.8 Å². The minimum atomic E-state index is -0.427. The van der Waals surface area contributed by atoms with Crippen LogP contribution in [0.1, 0.15) is 10.4 Å². The lowest BCUT2D eigenvalue weighted by atomic mass is 10.1. The molecule has 0 saturated carbocycles. The summed E-state index contributed by atoms with van der Waals surface area (Å²) in [6, 6.07) is 7.02. The van der Waals surface area contributed by atoms with Gasteiger partial charge in [-0.2, -0.15) is 0 Å². The number of rotatable bonds is 2. The van der Waals surface area contributed by atoms with Crippen molar-refractivity contribution in [1.82, 2.24) is 15.1 Å². The maximum absolute atomic E-state index is 12.6. The zero-order chi connectivity index (χ0) is 14.7. The van der Waals surface area contributed by atoms with E-state index in [1.807, 2.05) is 18.2 Å². The minimum Gasteiger partial charge on any atom is -0.347 e. The van der Waals surface area contributed by atoms with E-state index in [9.17, 15) is 9.59 Å². The third kappa shape index (κ3) is 3.29. The largest absolute Gasteiger partial charge is 0.347 e. The summed E-state index contributed by atoms with van der Waals surface area (Å²) in [6.45, 7) is 1.77. The molecule has 20 heavy (non-hydrogen) atoms. The van der Waals surface area contributed by atoms with E-state index >= 15 is 0 Å². The summed E-state index contributed by atoms with van der Waals surface area (Å²) in [4.78, 5) is 28.0. The van der Waals surface area contributed by atoms with Gasteiger partial charge in [0, 0.05) is 42.9 Å². The Hall–Kier alpha value is -1.15. The van der Waals surface area contributed by atoms with Crippen molar-refractivity contribution in [2.45, 2.75) is 6.04 Å². The van der Waals surface area contributed by atoms with Crippen molar-refractivity contribution in [2.24, 2.45) is 0 Å². The van der Waals surface area contributed by atoms with Crippen molar-refractivity contribution >= 4 is 34.4 Å². The van der Waals surface area contributed by atoms with Gasteiger partial charge in [-0.3, -0.25) is 9.59 Å². The maximum atomic E-state index is 12.6. The number of halogens is 1. The van der Waals surface area contributed by atoms with Crippen molar-refractivity contribution in [2.75, 3.05) is 33.7 Å². The molecule has 0 aliphatic carbocycles. The van der Waals surface area contributed by atoms with Gasteiger partial charge in [0.2, 0.25) is 5.91 Å². The van der Waals surface area contributed by atoms with Crippen molar-refractivity contribution in [1.29, 1.82) is 0 Å². The zero-order valence-corrected chi connectivity index (χ0v) is 13.8. The molecule has 0 radical (unpaired) electrons. The number of likely N-dealkylation sites (N-methyl/N-ethyl adjacent to an activating group) is 1. The molecule has 1 fully saturated rings. The first-order valence-electron chi connectivity index (χ1n) is 6.49. The van der Waals surface area contributed by atoms with Crippen LogP contribution in [0.2, 0.25) is 0 Å². The summed E-state index contributed by atoms with van der Waals surface area (Å²) < 4.78 is 1.01. The van der Waals surface area contributed by atoms with Crippen LogP contribution >= 0.6 is 22.6 Å². The Labute approximate surface area is 132 Å². The summed E-state index contributed by atoms with van der Waals surface area (Å²) in [7, 11) is 3.43. The first-order valence-corrected chi connectivity index (χ1v) is 7.57. The number of hydrogen-bond donors (Lipinski definition) is 1. The van der Waals surface area contributed by atoms with Gasteiger partial charge < -0.3 is 15.1 Å². The fraction of sp³-hybridized carbons (Fsp3) is 0.429. The lowest BCUT2D eigenvalue weighted by Gasteiger charge is -2.36.